The minimum atomic E-state index is -0.198. The Balaban J connectivity index is 1.96. The number of H-pyrrole nitrogens is 1. The highest BCUT2D eigenvalue weighted by Crippen LogP contribution is 2.12. The van der Waals surface area contributed by atoms with Gasteiger partial charge in [-0.3, -0.25) is 5.10 Å². The van der Waals surface area contributed by atoms with Gasteiger partial charge >= 0.3 is 0 Å². The Morgan fingerprint density at radius 2 is 2.05 bits per heavy atom. The first-order valence-electron chi connectivity index (χ1n) is 6.85. The lowest BCUT2D eigenvalue weighted by Gasteiger charge is -2.13. The van der Waals surface area contributed by atoms with E-state index < -0.39 is 0 Å². The smallest absolute Gasteiger partial charge is 0.123 e. The number of halogens is 1. The number of rotatable bonds is 7. The van der Waals surface area contributed by atoms with Crippen LogP contribution in [0.4, 0.5) is 4.39 Å². The summed E-state index contributed by atoms with van der Waals surface area (Å²) in [5, 5.41) is 10.4. The molecule has 0 aliphatic carbocycles. The van der Waals surface area contributed by atoms with E-state index >= 15 is 0 Å². The van der Waals surface area contributed by atoms with E-state index in [0.29, 0.717) is 6.54 Å². The fraction of sp³-hybridized carbons (Fsp3) is 0.400. The molecule has 5 heteroatoms. The number of aryl methyl sites for hydroxylation is 2. The largest absolute Gasteiger partial charge is 0.329 e. The Morgan fingerprint density at radius 3 is 2.70 bits per heavy atom. The lowest BCUT2D eigenvalue weighted by atomic mass is 10.0. The Labute approximate surface area is 118 Å². The predicted octanol–water partition coefficient (Wildman–Crippen LogP) is 1.42. The van der Waals surface area contributed by atoms with Crippen LogP contribution in [0.15, 0.2) is 30.5 Å². The van der Waals surface area contributed by atoms with Crippen LogP contribution in [0.5, 0.6) is 0 Å². The molecule has 4 N–H and O–H groups in total. The summed E-state index contributed by atoms with van der Waals surface area (Å²) in [6.07, 6.45) is 4.45. The summed E-state index contributed by atoms with van der Waals surface area (Å²) < 4.78 is 12.9. The summed E-state index contributed by atoms with van der Waals surface area (Å²) >= 11 is 0. The zero-order valence-electron chi connectivity index (χ0n) is 11.7. The van der Waals surface area contributed by atoms with Gasteiger partial charge in [-0.05, 0) is 49.6 Å². The molecule has 4 nitrogen and oxygen atoms in total. The average molecular weight is 276 g/mol. The molecular weight excluding hydrogens is 255 g/mol. The Morgan fingerprint density at radius 1 is 1.30 bits per heavy atom. The van der Waals surface area contributed by atoms with Crippen molar-refractivity contribution in [2.24, 2.45) is 5.73 Å². The highest BCUT2D eigenvalue weighted by atomic mass is 19.1. The van der Waals surface area contributed by atoms with Gasteiger partial charge in [0.1, 0.15) is 5.82 Å². The van der Waals surface area contributed by atoms with Crippen molar-refractivity contribution >= 4 is 0 Å². The van der Waals surface area contributed by atoms with Gasteiger partial charge < -0.3 is 11.1 Å². The van der Waals surface area contributed by atoms with Gasteiger partial charge in [-0.2, -0.15) is 5.10 Å². The van der Waals surface area contributed by atoms with Crippen LogP contribution in [0.3, 0.4) is 0 Å². The number of hydrogen-bond acceptors (Lipinski definition) is 3. The Bertz CT molecular complexity index is 517. The number of nitrogens with zero attached hydrogens (tertiary/aromatic N) is 1. The van der Waals surface area contributed by atoms with Gasteiger partial charge in [-0.1, -0.05) is 12.1 Å². The standard InChI is InChI=1S/C15H21FN4/c1-18-14(9-17)8-12-10-19-20-15(12)7-4-11-2-5-13(16)6-3-11/h2-3,5-6,10,14,18H,4,7-9,17H2,1H3,(H,19,20). The van der Waals surface area contributed by atoms with Crippen LogP contribution in [-0.2, 0) is 19.3 Å². The summed E-state index contributed by atoms with van der Waals surface area (Å²) in [7, 11) is 1.91. The molecular formula is C15H21FN4. The molecule has 108 valence electrons. The van der Waals surface area contributed by atoms with Gasteiger partial charge in [0, 0.05) is 18.3 Å². The van der Waals surface area contributed by atoms with Gasteiger partial charge in [-0.25, -0.2) is 4.39 Å². The van der Waals surface area contributed by atoms with Crippen molar-refractivity contribution in [3.63, 3.8) is 0 Å². The molecule has 20 heavy (non-hydrogen) atoms. The number of aromatic nitrogens is 2. The van der Waals surface area contributed by atoms with Crippen LogP contribution in [0.2, 0.25) is 0 Å². The fourth-order valence-electron chi connectivity index (χ4n) is 2.22. The summed E-state index contributed by atoms with van der Waals surface area (Å²) in [5.41, 5.74) is 9.14. The van der Waals surface area contributed by atoms with Crippen molar-refractivity contribution in [3.05, 3.63) is 53.1 Å². The normalized spacial score (nSPS) is 12.6. The van der Waals surface area contributed by atoms with E-state index in [9.17, 15) is 4.39 Å². The van der Waals surface area contributed by atoms with E-state index in [1.807, 2.05) is 25.4 Å². The molecule has 1 unspecified atom stereocenters. The molecule has 2 aromatic rings. The van der Waals surface area contributed by atoms with E-state index in [0.717, 1.165) is 30.5 Å². The summed E-state index contributed by atoms with van der Waals surface area (Å²) in [6.45, 7) is 0.596. The summed E-state index contributed by atoms with van der Waals surface area (Å²) in [6, 6.07) is 6.89. The van der Waals surface area contributed by atoms with E-state index in [1.54, 1.807) is 0 Å². The van der Waals surface area contributed by atoms with Gasteiger partial charge in [0.15, 0.2) is 0 Å². The summed E-state index contributed by atoms with van der Waals surface area (Å²) in [5.74, 6) is -0.198. The quantitative estimate of drug-likeness (QED) is 0.716. The highest BCUT2D eigenvalue weighted by molar-refractivity contribution is 5.22. The number of nitrogens with one attached hydrogen (secondary N) is 2. The maximum atomic E-state index is 12.9. The molecule has 0 radical (unpaired) electrons. The minimum absolute atomic E-state index is 0.198. The first kappa shape index (κ1) is 14.7. The molecule has 1 atom stereocenters. The first-order valence-corrected chi connectivity index (χ1v) is 6.85. The number of likely N-dealkylation sites (N-methyl/N-ethyl adjacent to an activating group) is 1. The lowest BCUT2D eigenvalue weighted by Crippen LogP contribution is -2.35. The van der Waals surface area contributed by atoms with Gasteiger partial charge in [0.25, 0.3) is 0 Å². The second-order valence-electron chi connectivity index (χ2n) is 4.93. The number of hydrogen-bond donors (Lipinski definition) is 3. The van der Waals surface area contributed by atoms with Crippen molar-refractivity contribution in [2.45, 2.75) is 25.3 Å². The van der Waals surface area contributed by atoms with Crippen molar-refractivity contribution in [2.75, 3.05) is 13.6 Å². The van der Waals surface area contributed by atoms with Crippen molar-refractivity contribution in [1.82, 2.24) is 15.5 Å². The maximum absolute atomic E-state index is 12.9. The van der Waals surface area contributed by atoms with Crippen molar-refractivity contribution < 1.29 is 4.39 Å². The average Bonchev–Trinajstić information content (AvgIpc) is 2.91. The molecule has 0 aliphatic rings. The Kier molecular flexibility index (Phi) is 5.26. The molecule has 0 saturated carbocycles. The number of aromatic amines is 1. The van der Waals surface area contributed by atoms with E-state index in [4.69, 9.17) is 5.73 Å². The van der Waals surface area contributed by atoms with E-state index in [-0.39, 0.29) is 11.9 Å². The van der Waals surface area contributed by atoms with Crippen molar-refractivity contribution in [1.29, 1.82) is 0 Å². The first-order chi connectivity index (χ1) is 9.72. The van der Waals surface area contributed by atoms with Crippen LogP contribution < -0.4 is 11.1 Å². The third-order valence-corrected chi connectivity index (χ3v) is 3.54. The molecule has 0 saturated heterocycles. The SMILES string of the molecule is CNC(CN)Cc1cn[nH]c1CCc1ccc(F)cc1. The minimum Gasteiger partial charge on any atom is -0.329 e. The van der Waals surface area contributed by atoms with Crippen LogP contribution in [-0.4, -0.2) is 29.8 Å². The van der Waals surface area contributed by atoms with Gasteiger partial charge in [0.05, 0.1) is 6.20 Å². The Hall–Kier alpha value is -1.72. The van der Waals surface area contributed by atoms with Crippen LogP contribution in [0.1, 0.15) is 16.8 Å². The lowest BCUT2D eigenvalue weighted by molar-refractivity contribution is 0.566. The molecule has 0 aliphatic heterocycles. The predicted molar refractivity (Wildman–Crippen MR) is 78.0 cm³/mol. The van der Waals surface area contributed by atoms with Gasteiger partial charge in [0.2, 0.25) is 0 Å². The molecule has 0 bridgehead atoms. The number of nitrogens with two attached hydrogens (primary N) is 1. The van der Waals surface area contributed by atoms with E-state index in [1.165, 1.54) is 17.7 Å². The molecule has 0 fully saturated rings. The fourth-order valence-corrected chi connectivity index (χ4v) is 2.22. The topological polar surface area (TPSA) is 66.7 Å². The van der Waals surface area contributed by atoms with Crippen LogP contribution >= 0.6 is 0 Å². The third-order valence-electron chi connectivity index (χ3n) is 3.54. The monoisotopic (exact) mass is 276 g/mol. The van der Waals surface area contributed by atoms with Crippen LogP contribution in [0, 0.1) is 5.82 Å². The van der Waals surface area contributed by atoms with Crippen LogP contribution in [0.25, 0.3) is 0 Å². The molecule has 0 amide bonds. The molecule has 1 aromatic carbocycles. The highest BCUT2D eigenvalue weighted by Gasteiger charge is 2.10. The van der Waals surface area contributed by atoms with E-state index in [2.05, 4.69) is 15.5 Å². The summed E-state index contributed by atoms with van der Waals surface area (Å²) in [4.78, 5) is 0. The maximum Gasteiger partial charge on any atom is 0.123 e. The zero-order chi connectivity index (χ0) is 14.4. The second kappa shape index (κ2) is 7.17. The zero-order valence-corrected chi connectivity index (χ0v) is 11.7. The second-order valence-corrected chi connectivity index (χ2v) is 4.93. The molecule has 0 spiro atoms. The third kappa shape index (κ3) is 3.88. The number of benzene rings is 1. The molecule has 1 aromatic heterocycles. The molecule has 1 heterocycles. The van der Waals surface area contributed by atoms with Gasteiger partial charge in [-0.15, -0.1) is 0 Å². The molecule has 2 rings (SSSR count). The van der Waals surface area contributed by atoms with Crippen molar-refractivity contribution in [3.8, 4) is 0 Å².